The van der Waals surface area contributed by atoms with Gasteiger partial charge in [-0.25, -0.2) is 19.8 Å². The van der Waals surface area contributed by atoms with Crippen LogP contribution in [0.2, 0.25) is 0 Å². The number of aromatic nitrogens is 2. The van der Waals surface area contributed by atoms with Crippen molar-refractivity contribution in [2.24, 2.45) is 0 Å². The quantitative estimate of drug-likeness (QED) is 0.175. The Morgan fingerprint density at radius 3 is 2.76 bits per heavy atom. The molecule has 172 valence electrons. The second kappa shape index (κ2) is 12.0. The lowest BCUT2D eigenvalue weighted by Gasteiger charge is -2.11. The monoisotopic (exact) mass is 469 g/mol. The van der Waals surface area contributed by atoms with Crippen LogP contribution in [-0.4, -0.2) is 41.6 Å². The van der Waals surface area contributed by atoms with E-state index < -0.39 is 5.82 Å². The number of nitrogens with zero attached hydrogens (tertiary/aromatic N) is 2. The molecule has 0 saturated carbocycles. The number of aliphatic hydroxyl groups excluding tert-OH is 1. The van der Waals surface area contributed by atoms with E-state index in [0.717, 1.165) is 15.8 Å². The Kier molecular flexibility index (Phi) is 8.79. The number of anilines is 2. The zero-order valence-corrected chi connectivity index (χ0v) is 18.7. The summed E-state index contributed by atoms with van der Waals surface area (Å²) in [5, 5.41) is 11.3. The van der Waals surface area contributed by atoms with Gasteiger partial charge >= 0.3 is 0 Å². The summed E-state index contributed by atoms with van der Waals surface area (Å²) in [7, 11) is 1.65. The van der Waals surface area contributed by atoms with Crippen molar-refractivity contribution in [1.29, 1.82) is 0 Å². The first-order valence-corrected chi connectivity index (χ1v) is 10.9. The third kappa shape index (κ3) is 6.53. The highest BCUT2D eigenvalue weighted by molar-refractivity contribution is 7.16. The van der Waals surface area contributed by atoms with Crippen molar-refractivity contribution in [2.75, 3.05) is 31.3 Å². The minimum Gasteiger partial charge on any atom is -0.396 e. The number of hydroxylamine groups is 1. The summed E-state index contributed by atoms with van der Waals surface area (Å²) in [5.41, 5.74) is 14.0. The summed E-state index contributed by atoms with van der Waals surface area (Å²) in [6.45, 7) is 0.976. The van der Waals surface area contributed by atoms with Crippen LogP contribution in [0.15, 0.2) is 54.0 Å². The third-order valence-electron chi connectivity index (χ3n) is 4.54. The van der Waals surface area contributed by atoms with Crippen molar-refractivity contribution in [2.45, 2.75) is 6.54 Å². The number of benzene rings is 2. The molecule has 0 fully saturated rings. The van der Waals surface area contributed by atoms with E-state index in [4.69, 9.17) is 10.8 Å². The lowest BCUT2D eigenvalue weighted by Crippen LogP contribution is -2.10. The van der Waals surface area contributed by atoms with Gasteiger partial charge in [0.15, 0.2) is 6.29 Å². The van der Waals surface area contributed by atoms with Crippen LogP contribution in [0, 0.1) is 5.82 Å². The minimum atomic E-state index is -0.575. The van der Waals surface area contributed by atoms with Gasteiger partial charge < -0.3 is 16.2 Å². The SMILES string of the molecule is CNOCCO.Nc1ccc(-c2ccc(C=O)c(F)c2)nc1NCc1ccc2ncsc2c1. The maximum absolute atomic E-state index is 13.9. The number of hydrogen-bond donors (Lipinski definition) is 4. The highest BCUT2D eigenvalue weighted by atomic mass is 32.1. The molecular formula is C23H24FN5O3S. The fourth-order valence-corrected chi connectivity index (χ4v) is 3.64. The molecule has 5 N–H and O–H groups in total. The number of carbonyl (C=O) groups excluding carboxylic acids is 1. The van der Waals surface area contributed by atoms with Crippen molar-refractivity contribution in [3.8, 4) is 11.3 Å². The molecule has 33 heavy (non-hydrogen) atoms. The van der Waals surface area contributed by atoms with Gasteiger partial charge in [-0.1, -0.05) is 12.1 Å². The molecule has 0 amide bonds. The van der Waals surface area contributed by atoms with Crippen molar-refractivity contribution >= 4 is 39.3 Å². The number of rotatable bonds is 8. The number of fused-ring (bicyclic) bond motifs is 1. The molecule has 0 saturated heterocycles. The number of nitrogen functional groups attached to an aromatic ring is 1. The van der Waals surface area contributed by atoms with E-state index >= 15 is 0 Å². The van der Waals surface area contributed by atoms with E-state index in [-0.39, 0.29) is 12.2 Å². The number of aldehydes is 1. The molecule has 0 aliphatic carbocycles. The number of pyridine rings is 1. The molecule has 8 nitrogen and oxygen atoms in total. The third-order valence-corrected chi connectivity index (χ3v) is 5.33. The second-order valence-corrected chi connectivity index (χ2v) is 7.66. The molecule has 4 aromatic rings. The molecule has 10 heteroatoms. The average Bonchev–Trinajstić information content (AvgIpc) is 3.30. The van der Waals surface area contributed by atoms with Crippen LogP contribution in [-0.2, 0) is 11.4 Å². The normalized spacial score (nSPS) is 10.5. The zero-order valence-electron chi connectivity index (χ0n) is 17.9. The standard InChI is InChI=1S/C20H15FN4OS.C3H9NO2/c21-15-8-13(2-3-14(15)10-26)17-6-4-16(22)20(25-17)23-9-12-1-5-18-19(7-12)27-11-24-18;1-4-6-3-2-5/h1-8,10-11H,9,22H2,(H,23,25);4-5H,2-3H2,1H3. The van der Waals surface area contributed by atoms with Gasteiger partial charge in [0.25, 0.3) is 0 Å². The first kappa shape index (κ1) is 24.2. The van der Waals surface area contributed by atoms with Gasteiger partial charge in [0.1, 0.15) is 11.6 Å². The molecule has 0 aliphatic heterocycles. The minimum absolute atomic E-state index is 0.0194. The average molecular weight is 470 g/mol. The van der Waals surface area contributed by atoms with Crippen LogP contribution in [0.1, 0.15) is 15.9 Å². The summed E-state index contributed by atoms with van der Waals surface area (Å²) in [6.07, 6.45) is 0.489. The van der Waals surface area contributed by atoms with Gasteiger partial charge in [-0.15, -0.1) is 11.3 Å². The van der Waals surface area contributed by atoms with E-state index in [2.05, 4.69) is 31.7 Å². The van der Waals surface area contributed by atoms with E-state index in [1.54, 1.807) is 36.6 Å². The van der Waals surface area contributed by atoms with Crippen LogP contribution >= 0.6 is 11.3 Å². The second-order valence-electron chi connectivity index (χ2n) is 6.77. The highest BCUT2D eigenvalue weighted by Gasteiger charge is 2.09. The fraction of sp³-hybridized carbons (Fsp3) is 0.174. The smallest absolute Gasteiger partial charge is 0.152 e. The molecule has 0 unspecified atom stereocenters. The molecule has 0 aliphatic rings. The largest absolute Gasteiger partial charge is 0.396 e. The molecule has 0 radical (unpaired) electrons. The van der Waals surface area contributed by atoms with Crippen LogP contribution in [0.4, 0.5) is 15.9 Å². The zero-order chi connectivity index (χ0) is 23.6. The number of carbonyl (C=O) groups is 1. The van der Waals surface area contributed by atoms with Gasteiger partial charge in [-0.2, -0.15) is 0 Å². The topological polar surface area (TPSA) is 122 Å². The Morgan fingerprint density at radius 1 is 1.21 bits per heavy atom. The van der Waals surface area contributed by atoms with Gasteiger partial charge in [0, 0.05) is 19.2 Å². The van der Waals surface area contributed by atoms with Crippen LogP contribution in [0.25, 0.3) is 21.5 Å². The van der Waals surface area contributed by atoms with Gasteiger partial charge in [0.2, 0.25) is 0 Å². The van der Waals surface area contributed by atoms with E-state index in [9.17, 15) is 9.18 Å². The Bertz CT molecular complexity index is 1210. The molecule has 2 aromatic heterocycles. The summed E-state index contributed by atoms with van der Waals surface area (Å²) < 4.78 is 15.0. The number of thiazole rings is 1. The molecule has 0 bridgehead atoms. The van der Waals surface area contributed by atoms with Gasteiger partial charge in [-0.3, -0.25) is 9.63 Å². The van der Waals surface area contributed by atoms with E-state index in [0.29, 0.717) is 42.2 Å². The van der Waals surface area contributed by atoms with Crippen LogP contribution in [0.3, 0.4) is 0 Å². The molecular weight excluding hydrogens is 445 g/mol. The molecule has 0 spiro atoms. The maximum atomic E-state index is 13.9. The Hall–Kier alpha value is -3.44. The fourth-order valence-electron chi connectivity index (χ4n) is 2.90. The molecule has 2 heterocycles. The van der Waals surface area contributed by atoms with Gasteiger partial charge in [0.05, 0.1) is 45.9 Å². The predicted molar refractivity (Wildman–Crippen MR) is 128 cm³/mol. The summed E-state index contributed by atoms with van der Waals surface area (Å²) in [5.74, 6) is -0.0507. The Balaban J connectivity index is 0.000000454. The Morgan fingerprint density at radius 2 is 2.06 bits per heavy atom. The van der Waals surface area contributed by atoms with Gasteiger partial charge in [-0.05, 0) is 42.0 Å². The first-order valence-electron chi connectivity index (χ1n) is 10.0. The van der Waals surface area contributed by atoms with Crippen molar-refractivity contribution in [1.82, 2.24) is 15.4 Å². The summed E-state index contributed by atoms with van der Waals surface area (Å²) >= 11 is 1.59. The van der Waals surface area contributed by atoms with Crippen LogP contribution < -0.4 is 16.5 Å². The number of halogens is 1. The summed E-state index contributed by atoms with van der Waals surface area (Å²) in [4.78, 5) is 24.0. The van der Waals surface area contributed by atoms with Crippen molar-refractivity contribution < 1.29 is 19.1 Å². The van der Waals surface area contributed by atoms with Crippen molar-refractivity contribution in [3.05, 3.63) is 71.0 Å². The maximum Gasteiger partial charge on any atom is 0.152 e. The molecule has 4 rings (SSSR count). The first-order chi connectivity index (χ1) is 16.0. The van der Waals surface area contributed by atoms with E-state index in [1.165, 1.54) is 12.1 Å². The molecule has 2 aromatic carbocycles. The predicted octanol–water partition coefficient (Wildman–Crippen LogP) is 3.63. The van der Waals surface area contributed by atoms with Crippen molar-refractivity contribution in [3.63, 3.8) is 0 Å². The number of nitrogens with one attached hydrogen (secondary N) is 2. The summed E-state index contributed by atoms with van der Waals surface area (Å²) in [6, 6.07) is 13.9. The lowest BCUT2D eigenvalue weighted by atomic mass is 10.1. The lowest BCUT2D eigenvalue weighted by molar-refractivity contribution is 0.0314. The number of nitrogens with two attached hydrogens (primary N) is 1. The molecule has 0 atom stereocenters. The number of hydrogen-bond acceptors (Lipinski definition) is 9. The highest BCUT2D eigenvalue weighted by Crippen LogP contribution is 2.26. The van der Waals surface area contributed by atoms with Crippen LogP contribution in [0.5, 0.6) is 0 Å². The number of aliphatic hydroxyl groups is 1. The van der Waals surface area contributed by atoms with E-state index in [1.807, 2.05) is 17.6 Å². The Labute approximate surface area is 194 Å².